The third kappa shape index (κ3) is 3.04. The Morgan fingerprint density at radius 3 is 2.88 bits per heavy atom. The Bertz CT molecular complexity index is 513. The molecule has 0 spiro atoms. The lowest BCUT2D eigenvalue weighted by molar-refractivity contribution is 0.563. The summed E-state index contributed by atoms with van der Waals surface area (Å²) < 4.78 is 36.8. The average Bonchev–Trinajstić information content (AvgIpc) is 2.43. The molecule has 94 valence electrons. The molecule has 1 aliphatic heterocycles. The monoisotopic (exact) mass is 257 g/mol. The summed E-state index contributed by atoms with van der Waals surface area (Å²) in [6.07, 6.45) is 0.618. The van der Waals surface area contributed by atoms with E-state index >= 15 is 0 Å². The van der Waals surface area contributed by atoms with E-state index in [1.807, 2.05) is 0 Å². The summed E-state index contributed by atoms with van der Waals surface area (Å²) in [5, 5.41) is 3.15. The second-order valence-corrected chi connectivity index (χ2v) is 6.71. The van der Waals surface area contributed by atoms with E-state index in [0.29, 0.717) is 24.1 Å². The molecule has 0 aliphatic carbocycles. The van der Waals surface area contributed by atoms with Gasteiger partial charge in [-0.2, -0.15) is 0 Å². The molecule has 1 aromatic carbocycles. The molecule has 0 aromatic heterocycles. The van der Waals surface area contributed by atoms with E-state index in [2.05, 4.69) is 5.32 Å². The highest BCUT2D eigenvalue weighted by Crippen LogP contribution is 2.20. The number of halogens is 1. The molecule has 17 heavy (non-hydrogen) atoms. The Balaban J connectivity index is 2.28. The van der Waals surface area contributed by atoms with Gasteiger partial charge in [0.05, 0.1) is 11.5 Å². The number of aryl methyl sites for hydroxylation is 1. The lowest BCUT2D eigenvalue weighted by atomic mass is 10.1. The molecule has 1 unspecified atom stereocenters. The van der Waals surface area contributed by atoms with Crippen LogP contribution in [0.15, 0.2) is 18.2 Å². The van der Waals surface area contributed by atoms with Crippen LogP contribution in [0.25, 0.3) is 0 Å². The quantitative estimate of drug-likeness (QED) is 0.831. The van der Waals surface area contributed by atoms with Gasteiger partial charge in [0.2, 0.25) is 0 Å². The van der Waals surface area contributed by atoms with Crippen molar-refractivity contribution in [1.82, 2.24) is 5.32 Å². The lowest BCUT2D eigenvalue weighted by Gasteiger charge is -2.16. The molecule has 1 atom stereocenters. The fourth-order valence-corrected chi connectivity index (χ4v) is 3.57. The number of hydrogen-bond acceptors (Lipinski definition) is 3. The molecule has 1 heterocycles. The van der Waals surface area contributed by atoms with Gasteiger partial charge in [-0.15, -0.1) is 0 Å². The highest BCUT2D eigenvalue weighted by Gasteiger charge is 2.23. The maximum absolute atomic E-state index is 13.5. The van der Waals surface area contributed by atoms with Crippen LogP contribution in [0.1, 0.15) is 23.6 Å². The molecule has 1 aromatic rings. The van der Waals surface area contributed by atoms with Gasteiger partial charge >= 0.3 is 0 Å². The number of hydrogen-bond donors (Lipinski definition) is 1. The van der Waals surface area contributed by atoms with E-state index in [1.165, 1.54) is 6.07 Å². The summed E-state index contributed by atoms with van der Waals surface area (Å²) >= 11 is 0. The molecular weight excluding hydrogens is 241 g/mol. The zero-order chi connectivity index (χ0) is 12.5. The summed E-state index contributed by atoms with van der Waals surface area (Å²) in [6.45, 7) is 2.34. The number of sulfone groups is 1. The largest absolute Gasteiger partial charge is 0.309 e. The highest BCUT2D eigenvalue weighted by atomic mass is 32.2. The van der Waals surface area contributed by atoms with Gasteiger partial charge in [0.1, 0.15) is 5.82 Å². The van der Waals surface area contributed by atoms with E-state index in [-0.39, 0.29) is 23.4 Å². The zero-order valence-corrected chi connectivity index (χ0v) is 10.6. The molecular formula is C12H16FNO2S. The fraction of sp³-hybridized carbons (Fsp3) is 0.500. The van der Waals surface area contributed by atoms with Crippen molar-refractivity contribution in [3.63, 3.8) is 0 Å². The van der Waals surface area contributed by atoms with Gasteiger partial charge in [0.25, 0.3) is 0 Å². The van der Waals surface area contributed by atoms with Crippen molar-refractivity contribution in [3.8, 4) is 0 Å². The van der Waals surface area contributed by atoms with Crippen LogP contribution in [0.3, 0.4) is 0 Å². The van der Waals surface area contributed by atoms with E-state index < -0.39 is 9.84 Å². The maximum Gasteiger partial charge on any atom is 0.152 e. The molecule has 0 radical (unpaired) electrons. The van der Waals surface area contributed by atoms with Crippen molar-refractivity contribution in [2.45, 2.75) is 19.4 Å². The first-order valence-corrected chi connectivity index (χ1v) is 7.50. The smallest absolute Gasteiger partial charge is 0.152 e. The Morgan fingerprint density at radius 1 is 1.41 bits per heavy atom. The summed E-state index contributed by atoms with van der Waals surface area (Å²) in [5.41, 5.74) is 1.28. The molecule has 1 aliphatic rings. The van der Waals surface area contributed by atoms with Gasteiger partial charge < -0.3 is 5.32 Å². The van der Waals surface area contributed by atoms with Gasteiger partial charge in [0.15, 0.2) is 9.84 Å². The number of nitrogens with one attached hydrogen (secondary N) is 1. The second-order valence-electron chi connectivity index (χ2n) is 4.48. The number of rotatable bonds is 1. The zero-order valence-electron chi connectivity index (χ0n) is 9.74. The van der Waals surface area contributed by atoms with Crippen LogP contribution in [0, 0.1) is 12.7 Å². The van der Waals surface area contributed by atoms with Gasteiger partial charge in [-0.25, -0.2) is 12.8 Å². The molecule has 1 N–H and O–H groups in total. The Kier molecular flexibility index (Phi) is 3.49. The maximum atomic E-state index is 13.5. The van der Waals surface area contributed by atoms with Crippen LogP contribution < -0.4 is 5.32 Å². The Labute approximate surface area is 101 Å². The second kappa shape index (κ2) is 4.74. The lowest BCUT2D eigenvalue weighted by Crippen LogP contribution is -2.25. The van der Waals surface area contributed by atoms with Crippen molar-refractivity contribution in [3.05, 3.63) is 35.1 Å². The van der Waals surface area contributed by atoms with Crippen molar-refractivity contribution in [1.29, 1.82) is 0 Å². The van der Waals surface area contributed by atoms with E-state index in [0.717, 1.165) is 0 Å². The van der Waals surface area contributed by atoms with Crippen LogP contribution >= 0.6 is 0 Å². The predicted octanol–water partition coefficient (Wildman–Crippen LogP) is 1.58. The Hall–Kier alpha value is -0.940. The van der Waals surface area contributed by atoms with Crippen LogP contribution in [-0.2, 0) is 9.84 Å². The summed E-state index contributed by atoms with van der Waals surface area (Å²) in [5.74, 6) is -0.0219. The Morgan fingerprint density at radius 2 is 2.18 bits per heavy atom. The fourth-order valence-electron chi connectivity index (χ4n) is 2.00. The molecule has 0 amide bonds. The summed E-state index contributed by atoms with van der Waals surface area (Å²) in [4.78, 5) is 0. The molecule has 5 heteroatoms. The topological polar surface area (TPSA) is 46.2 Å². The normalized spacial score (nSPS) is 24.2. The summed E-state index contributed by atoms with van der Waals surface area (Å²) in [7, 11) is -3.02. The standard InChI is InChI=1S/C12H16FNO2S/c1-9-3-4-10(7-11(9)13)12-8-17(15,16)6-2-5-14-12/h3-4,7,12,14H,2,5-6,8H2,1H3. The first kappa shape index (κ1) is 12.5. The molecule has 3 nitrogen and oxygen atoms in total. The third-order valence-electron chi connectivity index (χ3n) is 3.04. The van der Waals surface area contributed by atoms with E-state index in [1.54, 1.807) is 19.1 Å². The van der Waals surface area contributed by atoms with Crippen molar-refractivity contribution in [2.24, 2.45) is 0 Å². The van der Waals surface area contributed by atoms with E-state index in [9.17, 15) is 12.8 Å². The van der Waals surface area contributed by atoms with Crippen LogP contribution in [0.4, 0.5) is 4.39 Å². The number of benzene rings is 1. The third-order valence-corrected chi connectivity index (χ3v) is 4.79. The first-order chi connectivity index (χ1) is 7.98. The van der Waals surface area contributed by atoms with Gasteiger partial charge in [-0.3, -0.25) is 0 Å². The van der Waals surface area contributed by atoms with Gasteiger partial charge in [0, 0.05) is 6.04 Å². The molecule has 0 saturated carbocycles. The first-order valence-electron chi connectivity index (χ1n) is 5.68. The minimum atomic E-state index is -3.02. The minimum absolute atomic E-state index is 0.0511. The van der Waals surface area contributed by atoms with Crippen molar-refractivity contribution in [2.75, 3.05) is 18.1 Å². The van der Waals surface area contributed by atoms with Gasteiger partial charge in [-0.05, 0) is 37.1 Å². The van der Waals surface area contributed by atoms with Crippen molar-refractivity contribution >= 4 is 9.84 Å². The van der Waals surface area contributed by atoms with Crippen LogP contribution in [-0.4, -0.2) is 26.5 Å². The van der Waals surface area contributed by atoms with Crippen LogP contribution in [0.2, 0.25) is 0 Å². The summed E-state index contributed by atoms with van der Waals surface area (Å²) in [6, 6.07) is 4.60. The SMILES string of the molecule is Cc1ccc(C2CS(=O)(=O)CCCN2)cc1F. The average molecular weight is 257 g/mol. The molecule has 1 saturated heterocycles. The van der Waals surface area contributed by atoms with Crippen LogP contribution in [0.5, 0.6) is 0 Å². The highest BCUT2D eigenvalue weighted by molar-refractivity contribution is 7.91. The van der Waals surface area contributed by atoms with Crippen molar-refractivity contribution < 1.29 is 12.8 Å². The minimum Gasteiger partial charge on any atom is -0.309 e. The van der Waals surface area contributed by atoms with E-state index in [4.69, 9.17) is 0 Å². The van der Waals surface area contributed by atoms with Gasteiger partial charge in [-0.1, -0.05) is 12.1 Å². The molecule has 2 rings (SSSR count). The molecule has 0 bridgehead atoms. The molecule has 1 fully saturated rings. The predicted molar refractivity (Wildman–Crippen MR) is 65.2 cm³/mol.